The van der Waals surface area contributed by atoms with Gasteiger partial charge in [0.25, 0.3) is 5.91 Å². The van der Waals surface area contributed by atoms with Crippen LogP contribution in [0.5, 0.6) is 0 Å². The van der Waals surface area contributed by atoms with Crippen molar-refractivity contribution in [3.63, 3.8) is 0 Å². The first-order chi connectivity index (χ1) is 12.3. The number of ether oxygens (including phenoxy) is 2. The van der Waals surface area contributed by atoms with E-state index < -0.39 is 36.3 Å². The van der Waals surface area contributed by atoms with Crippen molar-refractivity contribution in [2.24, 2.45) is 5.92 Å². The first-order valence-electron chi connectivity index (χ1n) is 8.09. The van der Waals surface area contributed by atoms with Crippen molar-refractivity contribution in [3.8, 4) is 0 Å². The molecule has 6 nitrogen and oxygen atoms in total. The van der Waals surface area contributed by atoms with E-state index in [1.807, 2.05) is 13.8 Å². The van der Waals surface area contributed by atoms with Gasteiger partial charge in [0, 0.05) is 4.70 Å². The molecule has 2 aromatic rings. The zero-order chi connectivity index (χ0) is 19.3. The quantitative estimate of drug-likeness (QED) is 0.746. The van der Waals surface area contributed by atoms with Gasteiger partial charge in [0.2, 0.25) is 0 Å². The number of hydrogen-bond acceptors (Lipinski definition) is 6. The fourth-order valence-electron chi connectivity index (χ4n) is 2.33. The summed E-state index contributed by atoms with van der Waals surface area (Å²) in [5, 5.41) is 3.11. The fraction of sp³-hybridized carbons (Fsp3) is 0.389. The Kier molecular flexibility index (Phi) is 6.68. The van der Waals surface area contributed by atoms with Crippen LogP contribution in [0, 0.1) is 11.7 Å². The average Bonchev–Trinajstić information content (AvgIpc) is 3.06. The topological polar surface area (TPSA) is 81.7 Å². The van der Waals surface area contributed by atoms with Crippen LogP contribution in [-0.4, -0.2) is 37.6 Å². The Morgan fingerprint density at radius 3 is 2.65 bits per heavy atom. The molecule has 1 heterocycles. The number of hydrogen-bond donors (Lipinski definition) is 1. The van der Waals surface area contributed by atoms with E-state index in [9.17, 15) is 18.8 Å². The van der Waals surface area contributed by atoms with Crippen molar-refractivity contribution in [1.29, 1.82) is 0 Å². The molecule has 26 heavy (non-hydrogen) atoms. The zero-order valence-electron chi connectivity index (χ0n) is 14.7. The molecule has 0 saturated carbocycles. The second-order valence-corrected chi connectivity index (χ2v) is 6.91. The molecule has 0 spiro atoms. The van der Waals surface area contributed by atoms with Crippen molar-refractivity contribution in [2.75, 3.05) is 13.7 Å². The third-order valence-corrected chi connectivity index (χ3v) is 5.09. The van der Waals surface area contributed by atoms with Crippen LogP contribution in [0.25, 0.3) is 10.1 Å². The number of methoxy groups -OCH3 is 1. The zero-order valence-corrected chi connectivity index (χ0v) is 15.5. The Hall–Kier alpha value is -2.48. The molecule has 0 aliphatic heterocycles. The van der Waals surface area contributed by atoms with Gasteiger partial charge >= 0.3 is 11.9 Å². The molecule has 0 saturated heterocycles. The summed E-state index contributed by atoms with van der Waals surface area (Å²) in [6.45, 7) is 3.17. The molecule has 0 fully saturated rings. The normalized spacial score (nSPS) is 13.1. The van der Waals surface area contributed by atoms with Crippen molar-refractivity contribution in [1.82, 2.24) is 5.32 Å². The van der Waals surface area contributed by atoms with Crippen molar-refractivity contribution >= 4 is 39.3 Å². The predicted octanol–water partition coefficient (Wildman–Crippen LogP) is 2.90. The third kappa shape index (κ3) is 4.78. The number of amides is 1. The molecule has 1 aromatic carbocycles. The number of benzene rings is 1. The highest BCUT2D eigenvalue weighted by atomic mass is 32.1. The second kappa shape index (κ2) is 8.75. The molecule has 1 amide bonds. The van der Waals surface area contributed by atoms with Gasteiger partial charge in [-0.1, -0.05) is 20.3 Å². The molecule has 2 atom stereocenters. The highest BCUT2D eigenvalue weighted by molar-refractivity contribution is 7.20. The van der Waals surface area contributed by atoms with Gasteiger partial charge in [-0.25, -0.2) is 14.0 Å². The summed E-state index contributed by atoms with van der Waals surface area (Å²) in [7, 11) is 1.24. The highest BCUT2D eigenvalue weighted by Gasteiger charge is 2.27. The lowest BCUT2D eigenvalue weighted by atomic mass is 9.99. The Labute approximate surface area is 154 Å². The summed E-state index contributed by atoms with van der Waals surface area (Å²) in [5.74, 6) is -2.35. The summed E-state index contributed by atoms with van der Waals surface area (Å²) in [6.07, 6.45) is 0.665. The maximum absolute atomic E-state index is 13.2. The van der Waals surface area contributed by atoms with Gasteiger partial charge in [-0.2, -0.15) is 0 Å². The molecule has 0 radical (unpaired) electrons. The summed E-state index contributed by atoms with van der Waals surface area (Å²) >= 11 is 1.15. The van der Waals surface area contributed by atoms with Crippen molar-refractivity contribution < 1.29 is 28.2 Å². The van der Waals surface area contributed by atoms with E-state index in [1.165, 1.54) is 25.3 Å². The minimum absolute atomic E-state index is 0.125. The van der Waals surface area contributed by atoms with Gasteiger partial charge in [-0.3, -0.25) is 4.79 Å². The van der Waals surface area contributed by atoms with Crippen LogP contribution in [-0.2, 0) is 19.1 Å². The van der Waals surface area contributed by atoms with Crippen LogP contribution in [0.3, 0.4) is 0 Å². The monoisotopic (exact) mass is 381 g/mol. The molecule has 0 aliphatic carbocycles. The lowest BCUT2D eigenvalue weighted by molar-refractivity contribution is -0.147. The first-order valence-corrected chi connectivity index (χ1v) is 8.90. The average molecular weight is 381 g/mol. The van der Waals surface area contributed by atoms with Crippen LogP contribution in [0.2, 0.25) is 0 Å². The standard InChI is InChI=1S/C18H20FNO5S/c1-4-10(2)16(18(23)24-3)20-15(21)9-25-17(22)14-8-11-7-12(19)5-6-13(11)26-14/h5-8,10,16H,4,9H2,1-3H3,(H,20,21)/t10-,16+/m1/s1. The summed E-state index contributed by atoms with van der Waals surface area (Å²) in [6, 6.07) is 4.92. The summed E-state index contributed by atoms with van der Waals surface area (Å²) < 4.78 is 23.6. The number of fused-ring (bicyclic) bond motifs is 1. The Morgan fingerprint density at radius 1 is 1.27 bits per heavy atom. The minimum atomic E-state index is -0.802. The van der Waals surface area contributed by atoms with Gasteiger partial charge in [-0.05, 0) is 35.6 Å². The number of thiophene rings is 1. The maximum Gasteiger partial charge on any atom is 0.348 e. The number of nitrogens with one attached hydrogen (secondary N) is 1. The molecular formula is C18H20FNO5S. The minimum Gasteiger partial charge on any atom is -0.467 e. The Bertz CT molecular complexity index is 819. The van der Waals surface area contributed by atoms with Gasteiger partial charge in [0.05, 0.1) is 7.11 Å². The van der Waals surface area contributed by atoms with Crippen LogP contribution in [0.4, 0.5) is 4.39 Å². The largest absolute Gasteiger partial charge is 0.467 e. The predicted molar refractivity (Wildman–Crippen MR) is 95.5 cm³/mol. The van der Waals surface area contributed by atoms with E-state index in [0.717, 1.165) is 16.0 Å². The van der Waals surface area contributed by atoms with E-state index in [-0.39, 0.29) is 10.8 Å². The van der Waals surface area contributed by atoms with E-state index in [2.05, 4.69) is 10.1 Å². The third-order valence-electron chi connectivity index (χ3n) is 4.00. The van der Waals surface area contributed by atoms with Crippen LogP contribution < -0.4 is 5.32 Å². The summed E-state index contributed by atoms with van der Waals surface area (Å²) in [5.41, 5.74) is 0. The number of halogens is 1. The van der Waals surface area contributed by atoms with Gasteiger partial charge in [-0.15, -0.1) is 11.3 Å². The molecule has 1 aromatic heterocycles. The maximum atomic E-state index is 13.2. The van der Waals surface area contributed by atoms with Gasteiger partial charge in [0.1, 0.15) is 16.7 Å². The SMILES string of the molecule is CC[C@@H](C)[C@H](NC(=O)COC(=O)c1cc2cc(F)ccc2s1)C(=O)OC. The van der Waals surface area contributed by atoms with Crippen molar-refractivity contribution in [2.45, 2.75) is 26.3 Å². The van der Waals surface area contributed by atoms with E-state index in [4.69, 9.17) is 4.74 Å². The lowest BCUT2D eigenvalue weighted by Gasteiger charge is -2.21. The van der Waals surface area contributed by atoms with Gasteiger partial charge in [0.15, 0.2) is 6.61 Å². The number of carbonyl (C=O) groups excluding carboxylic acids is 3. The lowest BCUT2D eigenvalue weighted by Crippen LogP contribution is -2.47. The molecular weight excluding hydrogens is 361 g/mol. The second-order valence-electron chi connectivity index (χ2n) is 5.82. The molecule has 1 N–H and O–H groups in total. The van der Waals surface area contributed by atoms with Gasteiger partial charge < -0.3 is 14.8 Å². The number of esters is 2. The molecule has 8 heteroatoms. The Balaban J connectivity index is 1.96. The number of rotatable bonds is 7. The molecule has 0 bridgehead atoms. The van der Waals surface area contributed by atoms with E-state index in [0.29, 0.717) is 11.8 Å². The van der Waals surface area contributed by atoms with E-state index >= 15 is 0 Å². The summed E-state index contributed by atoms with van der Waals surface area (Å²) in [4.78, 5) is 36.1. The Morgan fingerprint density at radius 2 is 2.00 bits per heavy atom. The molecule has 0 unspecified atom stereocenters. The van der Waals surface area contributed by atoms with Crippen LogP contribution in [0.15, 0.2) is 24.3 Å². The smallest absolute Gasteiger partial charge is 0.348 e. The highest BCUT2D eigenvalue weighted by Crippen LogP contribution is 2.26. The van der Waals surface area contributed by atoms with Crippen molar-refractivity contribution in [3.05, 3.63) is 35.0 Å². The molecule has 2 rings (SSSR count). The van der Waals surface area contributed by atoms with E-state index in [1.54, 1.807) is 6.07 Å². The van der Waals surface area contributed by atoms with Crippen LogP contribution >= 0.6 is 11.3 Å². The first kappa shape index (κ1) is 19.8. The fourth-order valence-corrected chi connectivity index (χ4v) is 3.27. The van der Waals surface area contributed by atoms with Crippen LogP contribution in [0.1, 0.15) is 29.9 Å². The molecule has 0 aliphatic rings. The molecule has 140 valence electrons. The number of carbonyl (C=O) groups is 3.